The maximum atomic E-state index is 5.34. The van der Waals surface area contributed by atoms with E-state index in [0.717, 1.165) is 18.1 Å². The second-order valence-electron chi connectivity index (χ2n) is 2.53. The van der Waals surface area contributed by atoms with Crippen LogP contribution in [0.25, 0.3) is 0 Å². The van der Waals surface area contributed by atoms with Crippen molar-refractivity contribution in [3.05, 3.63) is 30.8 Å². The lowest BCUT2D eigenvalue weighted by atomic mass is 10.3. The van der Waals surface area contributed by atoms with E-state index in [-0.39, 0.29) is 0 Å². The molecule has 2 aliphatic rings. The van der Waals surface area contributed by atoms with E-state index in [0.29, 0.717) is 13.2 Å². The molecule has 2 rings (SSSR count). The highest BCUT2D eigenvalue weighted by Crippen LogP contribution is 2.21. The molecule has 0 atom stereocenters. The predicted molar refractivity (Wildman–Crippen MR) is 40.1 cm³/mol. The fraction of sp³-hybridized carbons (Fsp3) is 0.375. The monoisotopic (exact) mass is 152 g/mol. The lowest BCUT2D eigenvalue weighted by molar-refractivity contribution is 0.0536. The summed E-state index contributed by atoms with van der Waals surface area (Å²) in [5.41, 5.74) is 0. The summed E-state index contributed by atoms with van der Waals surface area (Å²) >= 11 is 0. The van der Waals surface area contributed by atoms with Gasteiger partial charge in [-0.05, 0) is 6.08 Å². The fourth-order valence-corrected chi connectivity index (χ4v) is 1.12. The molecule has 0 aliphatic carbocycles. The Morgan fingerprint density at radius 3 is 2.82 bits per heavy atom. The first-order valence-electron chi connectivity index (χ1n) is 3.61. The average molecular weight is 152 g/mol. The summed E-state index contributed by atoms with van der Waals surface area (Å²) in [6.45, 7) is 2.08. The molecule has 0 bridgehead atoms. The molecule has 59 valence electrons. The molecule has 2 aliphatic heterocycles. The number of rotatable bonds is 0. The van der Waals surface area contributed by atoms with E-state index >= 15 is 0 Å². The van der Waals surface area contributed by atoms with Crippen molar-refractivity contribution in [2.75, 3.05) is 19.8 Å². The van der Waals surface area contributed by atoms with Crippen LogP contribution >= 0.6 is 0 Å². The average Bonchev–Trinajstić information content (AvgIpc) is 2.04. The quantitative estimate of drug-likeness (QED) is 0.514. The van der Waals surface area contributed by atoms with Gasteiger partial charge in [-0.1, -0.05) is 0 Å². The molecule has 2 heterocycles. The molecule has 0 aromatic heterocycles. The molecule has 3 nitrogen and oxygen atoms in total. The van der Waals surface area contributed by atoms with Gasteiger partial charge in [-0.2, -0.15) is 0 Å². The Morgan fingerprint density at radius 2 is 2.00 bits per heavy atom. The van der Waals surface area contributed by atoms with E-state index in [9.17, 15) is 0 Å². The van der Waals surface area contributed by atoms with Gasteiger partial charge in [0.05, 0.1) is 0 Å². The molecular formula is C8H10NO2. The number of ether oxygens (including phenoxy) is 2. The Kier molecular flexibility index (Phi) is 1.49. The molecule has 11 heavy (non-hydrogen) atoms. The van der Waals surface area contributed by atoms with Gasteiger partial charge in [0, 0.05) is 19.8 Å². The third kappa shape index (κ3) is 1.18. The summed E-state index contributed by atoms with van der Waals surface area (Å²) in [5.74, 6) is 1.66. The Bertz CT molecular complexity index is 220. The van der Waals surface area contributed by atoms with Gasteiger partial charge < -0.3 is 14.4 Å². The standard InChI is InChI=1S/C8H10NO2/c1-9-3-2-7-8(6-9)11-5-4-10-7/h2,6H,1,3-5H2. The van der Waals surface area contributed by atoms with Crippen LogP contribution in [0.4, 0.5) is 0 Å². The highest BCUT2D eigenvalue weighted by atomic mass is 16.6. The zero-order valence-corrected chi connectivity index (χ0v) is 6.25. The van der Waals surface area contributed by atoms with Gasteiger partial charge >= 0.3 is 0 Å². The van der Waals surface area contributed by atoms with E-state index in [1.54, 1.807) is 0 Å². The Balaban J connectivity index is 2.19. The van der Waals surface area contributed by atoms with Crippen molar-refractivity contribution in [1.29, 1.82) is 0 Å². The first-order valence-corrected chi connectivity index (χ1v) is 3.61. The fourth-order valence-electron chi connectivity index (χ4n) is 1.12. The molecular weight excluding hydrogens is 142 g/mol. The third-order valence-electron chi connectivity index (χ3n) is 1.65. The minimum Gasteiger partial charge on any atom is -0.486 e. The molecule has 3 heteroatoms. The van der Waals surface area contributed by atoms with Gasteiger partial charge in [-0.15, -0.1) is 0 Å². The lowest BCUT2D eigenvalue weighted by Gasteiger charge is -2.26. The van der Waals surface area contributed by atoms with Crippen molar-refractivity contribution in [3.63, 3.8) is 0 Å². The first-order chi connectivity index (χ1) is 5.36. The zero-order chi connectivity index (χ0) is 7.68. The van der Waals surface area contributed by atoms with Gasteiger partial charge in [0.2, 0.25) is 0 Å². The number of hydrogen-bond donors (Lipinski definition) is 0. The third-order valence-corrected chi connectivity index (χ3v) is 1.65. The van der Waals surface area contributed by atoms with E-state index in [1.165, 1.54) is 0 Å². The van der Waals surface area contributed by atoms with E-state index in [4.69, 9.17) is 9.47 Å². The summed E-state index contributed by atoms with van der Waals surface area (Å²) in [6.07, 6.45) is 3.83. The van der Waals surface area contributed by atoms with Gasteiger partial charge in [-0.3, -0.25) is 0 Å². The Hall–Kier alpha value is -1.12. The first kappa shape index (κ1) is 6.58. The second kappa shape index (κ2) is 2.49. The highest BCUT2D eigenvalue weighted by Gasteiger charge is 2.17. The maximum Gasteiger partial charge on any atom is 0.176 e. The van der Waals surface area contributed by atoms with Crippen LogP contribution in [0.2, 0.25) is 0 Å². The molecule has 0 saturated carbocycles. The Morgan fingerprint density at radius 1 is 1.27 bits per heavy atom. The SMILES string of the molecule is [CH2]N1C=C2OCCOC2=CC1. The van der Waals surface area contributed by atoms with Crippen LogP contribution in [0.3, 0.4) is 0 Å². The number of fused-ring (bicyclic) bond motifs is 1. The lowest BCUT2D eigenvalue weighted by Crippen LogP contribution is -2.22. The Labute approximate surface area is 65.9 Å². The molecule has 0 amide bonds. The molecule has 0 aromatic rings. The van der Waals surface area contributed by atoms with Crippen LogP contribution < -0.4 is 0 Å². The van der Waals surface area contributed by atoms with Crippen LogP contribution in [0.15, 0.2) is 23.8 Å². The van der Waals surface area contributed by atoms with Crippen molar-refractivity contribution in [3.8, 4) is 0 Å². The van der Waals surface area contributed by atoms with Gasteiger partial charge in [0.1, 0.15) is 13.2 Å². The van der Waals surface area contributed by atoms with Crippen LogP contribution in [0.1, 0.15) is 0 Å². The van der Waals surface area contributed by atoms with Crippen molar-refractivity contribution < 1.29 is 9.47 Å². The predicted octanol–water partition coefficient (Wildman–Crippen LogP) is 0.866. The zero-order valence-electron chi connectivity index (χ0n) is 6.25. The topological polar surface area (TPSA) is 21.7 Å². The molecule has 0 aromatic carbocycles. The smallest absolute Gasteiger partial charge is 0.176 e. The van der Waals surface area contributed by atoms with E-state index < -0.39 is 0 Å². The highest BCUT2D eigenvalue weighted by molar-refractivity contribution is 5.25. The molecule has 0 spiro atoms. The van der Waals surface area contributed by atoms with E-state index in [2.05, 4.69) is 7.05 Å². The van der Waals surface area contributed by atoms with Crippen molar-refractivity contribution >= 4 is 0 Å². The molecule has 1 fully saturated rings. The summed E-state index contributed by atoms with van der Waals surface area (Å²) in [5, 5.41) is 0. The largest absolute Gasteiger partial charge is 0.486 e. The van der Waals surface area contributed by atoms with E-state index in [1.807, 2.05) is 17.2 Å². The number of hydrogen-bond acceptors (Lipinski definition) is 3. The summed E-state index contributed by atoms with van der Waals surface area (Å²) in [7, 11) is 3.77. The summed E-state index contributed by atoms with van der Waals surface area (Å²) < 4.78 is 10.7. The van der Waals surface area contributed by atoms with Crippen LogP contribution in [-0.2, 0) is 9.47 Å². The molecule has 0 unspecified atom stereocenters. The van der Waals surface area contributed by atoms with Gasteiger partial charge in [0.25, 0.3) is 0 Å². The maximum absolute atomic E-state index is 5.34. The molecule has 1 radical (unpaired) electrons. The van der Waals surface area contributed by atoms with Crippen LogP contribution in [0.5, 0.6) is 0 Å². The molecule has 0 N–H and O–H groups in total. The second-order valence-corrected chi connectivity index (χ2v) is 2.53. The summed E-state index contributed by atoms with van der Waals surface area (Å²) in [4.78, 5) is 1.81. The van der Waals surface area contributed by atoms with Crippen molar-refractivity contribution in [2.24, 2.45) is 0 Å². The normalized spacial score (nSPS) is 22.5. The van der Waals surface area contributed by atoms with Crippen molar-refractivity contribution in [1.82, 2.24) is 4.90 Å². The summed E-state index contributed by atoms with van der Waals surface area (Å²) in [6, 6.07) is 0. The van der Waals surface area contributed by atoms with Crippen LogP contribution in [0, 0.1) is 7.05 Å². The van der Waals surface area contributed by atoms with Gasteiger partial charge in [-0.25, -0.2) is 0 Å². The van der Waals surface area contributed by atoms with Crippen LogP contribution in [-0.4, -0.2) is 24.7 Å². The minimum atomic E-state index is 0.636. The minimum absolute atomic E-state index is 0.636. The van der Waals surface area contributed by atoms with Crippen molar-refractivity contribution in [2.45, 2.75) is 0 Å². The number of nitrogens with zero attached hydrogens (tertiary/aromatic N) is 1. The van der Waals surface area contributed by atoms with Gasteiger partial charge in [0.15, 0.2) is 11.5 Å². The molecule has 1 saturated heterocycles.